The zero-order valence-electron chi connectivity index (χ0n) is 19.5. The normalized spacial score (nSPS) is 14.6. The summed E-state index contributed by atoms with van der Waals surface area (Å²) in [5, 5.41) is 2.87. The molecule has 0 spiro atoms. The summed E-state index contributed by atoms with van der Waals surface area (Å²) < 4.78 is 27.4. The Labute approximate surface area is 201 Å². The Hall–Kier alpha value is -3.36. The molecule has 0 aliphatic carbocycles. The van der Waals surface area contributed by atoms with Crippen molar-refractivity contribution in [1.82, 2.24) is 4.90 Å². The van der Waals surface area contributed by atoms with Crippen LogP contribution in [-0.2, 0) is 10.0 Å². The SMILES string of the molecule is CCN1CCN(c2ccc(NC(=O)c3cccc(S(=O)(=O)N(C)c4ccccc4)c3)cc2)CC1. The minimum atomic E-state index is -3.80. The van der Waals surface area contributed by atoms with Gasteiger partial charge in [0.1, 0.15) is 0 Å². The number of nitrogens with one attached hydrogen (secondary N) is 1. The predicted molar refractivity (Wildman–Crippen MR) is 137 cm³/mol. The fraction of sp³-hybridized carbons (Fsp3) is 0.269. The number of anilines is 3. The molecule has 1 amide bonds. The number of carbonyl (C=O) groups excluding carboxylic acids is 1. The van der Waals surface area contributed by atoms with Crippen molar-refractivity contribution in [2.24, 2.45) is 0 Å². The first-order valence-corrected chi connectivity index (χ1v) is 12.9. The van der Waals surface area contributed by atoms with Gasteiger partial charge in [0.15, 0.2) is 0 Å². The maximum Gasteiger partial charge on any atom is 0.264 e. The van der Waals surface area contributed by atoms with E-state index in [0.29, 0.717) is 11.4 Å². The van der Waals surface area contributed by atoms with E-state index in [9.17, 15) is 13.2 Å². The van der Waals surface area contributed by atoms with Crippen molar-refractivity contribution in [1.29, 1.82) is 0 Å². The first-order valence-electron chi connectivity index (χ1n) is 11.4. The van der Waals surface area contributed by atoms with Crippen LogP contribution in [0.5, 0.6) is 0 Å². The Morgan fingerprint density at radius 3 is 2.24 bits per heavy atom. The molecular formula is C26H30N4O3S. The number of nitrogens with zero attached hydrogens (tertiary/aromatic N) is 3. The first kappa shape index (κ1) is 23.8. The third-order valence-electron chi connectivity index (χ3n) is 6.18. The Morgan fingerprint density at radius 1 is 0.912 bits per heavy atom. The highest BCUT2D eigenvalue weighted by molar-refractivity contribution is 7.92. The molecule has 0 saturated carbocycles. The number of piperazine rings is 1. The lowest BCUT2D eigenvalue weighted by Gasteiger charge is -2.35. The zero-order chi connectivity index (χ0) is 24.1. The number of hydrogen-bond acceptors (Lipinski definition) is 5. The Kier molecular flexibility index (Phi) is 7.19. The number of sulfonamides is 1. The van der Waals surface area contributed by atoms with Crippen LogP contribution in [0.1, 0.15) is 17.3 Å². The van der Waals surface area contributed by atoms with Gasteiger partial charge in [-0.3, -0.25) is 9.10 Å². The van der Waals surface area contributed by atoms with E-state index >= 15 is 0 Å². The standard InChI is InChI=1S/C26H30N4O3S/c1-3-29-16-18-30(19-17-29)24-14-12-22(13-15-24)27-26(31)21-8-7-11-25(20-21)34(32,33)28(2)23-9-5-4-6-10-23/h4-15,20H,3,16-19H2,1-2H3,(H,27,31). The molecule has 1 heterocycles. The second-order valence-corrected chi connectivity index (χ2v) is 10.2. The molecule has 1 aliphatic rings. The molecule has 0 aromatic heterocycles. The minimum Gasteiger partial charge on any atom is -0.369 e. The van der Waals surface area contributed by atoms with Crippen molar-refractivity contribution in [3.63, 3.8) is 0 Å². The van der Waals surface area contributed by atoms with Gasteiger partial charge in [-0.2, -0.15) is 0 Å². The quantitative estimate of drug-likeness (QED) is 0.558. The molecule has 0 atom stereocenters. The van der Waals surface area contributed by atoms with Gasteiger partial charge in [0.05, 0.1) is 10.6 Å². The van der Waals surface area contributed by atoms with Gasteiger partial charge < -0.3 is 15.1 Å². The Bertz CT molecular complexity index is 1220. The first-order chi connectivity index (χ1) is 16.4. The molecule has 1 aliphatic heterocycles. The van der Waals surface area contributed by atoms with Crippen molar-refractivity contribution in [2.45, 2.75) is 11.8 Å². The summed E-state index contributed by atoms with van der Waals surface area (Å²) in [6.07, 6.45) is 0. The van der Waals surface area contributed by atoms with Gasteiger partial charge in [-0.15, -0.1) is 0 Å². The van der Waals surface area contributed by atoms with Gasteiger partial charge in [0.2, 0.25) is 0 Å². The lowest BCUT2D eigenvalue weighted by molar-refractivity contribution is 0.102. The van der Waals surface area contributed by atoms with Gasteiger partial charge in [-0.25, -0.2) is 8.42 Å². The summed E-state index contributed by atoms with van der Waals surface area (Å²) in [6, 6.07) is 22.7. The molecule has 178 valence electrons. The van der Waals surface area contributed by atoms with E-state index in [0.717, 1.165) is 38.4 Å². The highest BCUT2D eigenvalue weighted by Crippen LogP contribution is 2.23. The summed E-state index contributed by atoms with van der Waals surface area (Å²) >= 11 is 0. The number of amides is 1. The molecule has 4 rings (SSSR count). The van der Waals surface area contributed by atoms with Gasteiger partial charge in [-0.05, 0) is 61.1 Å². The molecule has 3 aromatic carbocycles. The van der Waals surface area contributed by atoms with E-state index in [4.69, 9.17) is 0 Å². The summed E-state index contributed by atoms with van der Waals surface area (Å²) in [6.45, 7) is 7.32. The van der Waals surface area contributed by atoms with E-state index in [2.05, 4.69) is 22.0 Å². The lowest BCUT2D eigenvalue weighted by Crippen LogP contribution is -2.46. The summed E-state index contributed by atoms with van der Waals surface area (Å²) in [5.74, 6) is -0.358. The van der Waals surface area contributed by atoms with Crippen LogP contribution in [-0.4, -0.2) is 59.0 Å². The molecule has 34 heavy (non-hydrogen) atoms. The largest absolute Gasteiger partial charge is 0.369 e. The fourth-order valence-corrected chi connectivity index (χ4v) is 5.26. The topological polar surface area (TPSA) is 73.0 Å². The molecule has 7 nitrogen and oxygen atoms in total. The molecule has 0 bridgehead atoms. The van der Waals surface area contributed by atoms with Gasteiger partial charge >= 0.3 is 0 Å². The van der Waals surface area contributed by atoms with Crippen LogP contribution < -0.4 is 14.5 Å². The van der Waals surface area contributed by atoms with E-state index in [1.807, 2.05) is 30.3 Å². The van der Waals surface area contributed by atoms with Crippen LogP contribution in [0.3, 0.4) is 0 Å². The van der Waals surface area contributed by atoms with E-state index in [1.54, 1.807) is 36.4 Å². The van der Waals surface area contributed by atoms with E-state index in [1.165, 1.54) is 23.5 Å². The molecule has 1 saturated heterocycles. The number of carbonyl (C=O) groups is 1. The highest BCUT2D eigenvalue weighted by atomic mass is 32.2. The number of hydrogen-bond donors (Lipinski definition) is 1. The van der Waals surface area contributed by atoms with E-state index in [-0.39, 0.29) is 16.4 Å². The van der Waals surface area contributed by atoms with Crippen LogP contribution in [0.15, 0.2) is 83.8 Å². The van der Waals surface area contributed by atoms with Crippen molar-refractivity contribution in [3.8, 4) is 0 Å². The fourth-order valence-electron chi connectivity index (χ4n) is 4.01. The van der Waals surface area contributed by atoms with Crippen LogP contribution >= 0.6 is 0 Å². The molecule has 0 radical (unpaired) electrons. The Balaban J connectivity index is 1.44. The molecule has 1 fully saturated rings. The van der Waals surface area contributed by atoms with Gasteiger partial charge in [-0.1, -0.05) is 31.2 Å². The number of benzene rings is 3. The predicted octanol–water partition coefficient (Wildman–Crippen LogP) is 3.91. The monoisotopic (exact) mass is 478 g/mol. The zero-order valence-corrected chi connectivity index (χ0v) is 20.3. The number of rotatable bonds is 7. The van der Waals surface area contributed by atoms with Gasteiger partial charge in [0, 0.05) is 50.2 Å². The van der Waals surface area contributed by atoms with Crippen molar-refractivity contribution < 1.29 is 13.2 Å². The van der Waals surface area contributed by atoms with Crippen molar-refractivity contribution in [2.75, 3.05) is 54.3 Å². The maximum atomic E-state index is 13.1. The highest BCUT2D eigenvalue weighted by Gasteiger charge is 2.22. The van der Waals surface area contributed by atoms with Crippen LogP contribution in [0.4, 0.5) is 17.1 Å². The second-order valence-electron chi connectivity index (χ2n) is 8.26. The van der Waals surface area contributed by atoms with Crippen molar-refractivity contribution >= 4 is 33.0 Å². The molecule has 1 N–H and O–H groups in total. The molecule has 0 unspecified atom stereocenters. The smallest absolute Gasteiger partial charge is 0.264 e. The average molecular weight is 479 g/mol. The maximum absolute atomic E-state index is 13.1. The third-order valence-corrected chi connectivity index (χ3v) is 7.97. The van der Waals surface area contributed by atoms with Crippen LogP contribution in [0.2, 0.25) is 0 Å². The minimum absolute atomic E-state index is 0.0630. The lowest BCUT2D eigenvalue weighted by atomic mass is 10.2. The van der Waals surface area contributed by atoms with Crippen LogP contribution in [0, 0.1) is 0 Å². The average Bonchev–Trinajstić information content (AvgIpc) is 2.89. The third kappa shape index (κ3) is 5.24. The summed E-state index contributed by atoms with van der Waals surface area (Å²) in [7, 11) is -2.30. The number of likely N-dealkylation sites (N-methyl/N-ethyl adjacent to an activating group) is 1. The Morgan fingerprint density at radius 2 is 1.59 bits per heavy atom. The summed E-state index contributed by atoms with van der Waals surface area (Å²) in [5.41, 5.74) is 2.62. The number of para-hydroxylation sites is 1. The van der Waals surface area contributed by atoms with Crippen LogP contribution in [0.25, 0.3) is 0 Å². The molecule has 3 aromatic rings. The molecular weight excluding hydrogens is 448 g/mol. The van der Waals surface area contributed by atoms with Crippen molar-refractivity contribution in [3.05, 3.63) is 84.4 Å². The molecule has 8 heteroatoms. The summed E-state index contributed by atoms with van der Waals surface area (Å²) in [4.78, 5) is 17.7. The second kappa shape index (κ2) is 10.3. The van der Waals surface area contributed by atoms with Gasteiger partial charge in [0.25, 0.3) is 15.9 Å². The van der Waals surface area contributed by atoms with E-state index < -0.39 is 10.0 Å².